The lowest BCUT2D eigenvalue weighted by Gasteiger charge is -2.34. The van der Waals surface area contributed by atoms with E-state index < -0.39 is 0 Å². The Bertz CT molecular complexity index is 1020. The van der Waals surface area contributed by atoms with Crippen LogP contribution in [0.5, 0.6) is 5.75 Å². The molecule has 0 radical (unpaired) electrons. The first-order valence-electron chi connectivity index (χ1n) is 10.7. The average Bonchev–Trinajstić information content (AvgIpc) is 3.25. The lowest BCUT2D eigenvalue weighted by Crippen LogP contribution is -2.50. The first kappa shape index (κ1) is 22.0. The van der Waals surface area contributed by atoms with Gasteiger partial charge >= 0.3 is 0 Å². The van der Waals surface area contributed by atoms with Gasteiger partial charge in [-0.2, -0.15) is 5.10 Å². The van der Waals surface area contributed by atoms with E-state index >= 15 is 0 Å². The number of hydrogen-bond acceptors (Lipinski definition) is 5. The Morgan fingerprint density at radius 2 is 1.75 bits per heavy atom. The van der Waals surface area contributed by atoms with Crippen LogP contribution in [0.15, 0.2) is 53.6 Å². The molecule has 2 aliphatic heterocycles. The maximum absolute atomic E-state index is 14.4. The fraction of sp³-hybridized carbons (Fsp3) is 0.375. The summed E-state index contributed by atoms with van der Waals surface area (Å²) in [5.41, 5.74) is 1.88. The highest BCUT2D eigenvalue weighted by molar-refractivity contribution is 6.03. The summed E-state index contributed by atoms with van der Waals surface area (Å²) in [4.78, 5) is 28.6. The van der Waals surface area contributed by atoms with Crippen LogP contribution in [0.3, 0.4) is 0 Å². The van der Waals surface area contributed by atoms with Crippen molar-refractivity contribution in [3.05, 3.63) is 65.5 Å². The topological polar surface area (TPSA) is 65.5 Å². The zero-order chi connectivity index (χ0) is 22.7. The van der Waals surface area contributed by atoms with Gasteiger partial charge < -0.3 is 9.64 Å². The summed E-state index contributed by atoms with van der Waals surface area (Å²) in [6, 6.07) is 13.7. The van der Waals surface area contributed by atoms with Crippen LogP contribution in [0.1, 0.15) is 30.5 Å². The van der Waals surface area contributed by atoms with E-state index in [4.69, 9.17) is 4.74 Å². The van der Waals surface area contributed by atoms with Crippen molar-refractivity contribution >= 4 is 17.5 Å². The van der Waals surface area contributed by atoms with Crippen LogP contribution in [0.25, 0.3) is 0 Å². The van der Waals surface area contributed by atoms with Gasteiger partial charge in [0.1, 0.15) is 11.6 Å². The SMILES string of the molecule is COc1ccc([C@@H]2CC(c3ccccc3F)=NN2C(=O)CN2CCN(C(C)=O)CC2)cc1. The third-order valence-corrected chi connectivity index (χ3v) is 6.03. The molecule has 2 aliphatic rings. The summed E-state index contributed by atoms with van der Waals surface area (Å²) in [5.74, 6) is 0.278. The fourth-order valence-electron chi connectivity index (χ4n) is 4.17. The minimum Gasteiger partial charge on any atom is -0.497 e. The largest absolute Gasteiger partial charge is 0.497 e. The first-order chi connectivity index (χ1) is 15.5. The third-order valence-electron chi connectivity index (χ3n) is 6.03. The average molecular weight is 439 g/mol. The summed E-state index contributed by atoms with van der Waals surface area (Å²) in [7, 11) is 1.60. The number of carbonyl (C=O) groups is 2. The van der Waals surface area contributed by atoms with Crippen molar-refractivity contribution in [2.45, 2.75) is 19.4 Å². The third kappa shape index (κ3) is 4.65. The molecular formula is C24H27FN4O3. The highest BCUT2D eigenvalue weighted by atomic mass is 19.1. The van der Waals surface area contributed by atoms with Crippen LogP contribution >= 0.6 is 0 Å². The first-order valence-corrected chi connectivity index (χ1v) is 10.7. The predicted molar refractivity (Wildman–Crippen MR) is 119 cm³/mol. The second-order valence-electron chi connectivity index (χ2n) is 8.04. The quantitative estimate of drug-likeness (QED) is 0.720. The molecule has 2 amide bonds. The predicted octanol–water partition coefficient (Wildman–Crippen LogP) is 2.68. The van der Waals surface area contributed by atoms with E-state index in [1.54, 1.807) is 37.1 Å². The number of halogens is 1. The number of nitrogens with zero attached hydrogens (tertiary/aromatic N) is 4. The van der Waals surface area contributed by atoms with Crippen LogP contribution in [-0.4, -0.2) is 72.2 Å². The van der Waals surface area contributed by atoms with Gasteiger partial charge in [-0.15, -0.1) is 0 Å². The van der Waals surface area contributed by atoms with Gasteiger partial charge in [0.25, 0.3) is 5.91 Å². The second-order valence-corrected chi connectivity index (χ2v) is 8.04. The lowest BCUT2D eigenvalue weighted by molar-refractivity contribution is -0.135. The molecular weight excluding hydrogens is 411 g/mol. The number of amides is 2. The minimum absolute atomic E-state index is 0.0502. The number of hydrogen-bond donors (Lipinski definition) is 0. The van der Waals surface area contributed by atoms with Crippen molar-refractivity contribution in [3.8, 4) is 5.75 Å². The van der Waals surface area contributed by atoms with Gasteiger partial charge in [-0.1, -0.05) is 30.3 Å². The molecule has 0 aliphatic carbocycles. The molecule has 1 fully saturated rings. The van der Waals surface area contributed by atoms with Crippen LogP contribution in [0.4, 0.5) is 4.39 Å². The van der Waals surface area contributed by atoms with E-state index in [2.05, 4.69) is 5.10 Å². The molecule has 2 heterocycles. The van der Waals surface area contributed by atoms with E-state index in [1.165, 1.54) is 11.1 Å². The van der Waals surface area contributed by atoms with E-state index in [1.807, 2.05) is 29.2 Å². The van der Waals surface area contributed by atoms with Gasteiger partial charge in [-0.3, -0.25) is 14.5 Å². The summed E-state index contributed by atoms with van der Waals surface area (Å²) < 4.78 is 19.7. The van der Waals surface area contributed by atoms with Crippen molar-refractivity contribution in [1.82, 2.24) is 14.8 Å². The molecule has 0 aromatic heterocycles. The number of ether oxygens (including phenoxy) is 1. The molecule has 0 saturated carbocycles. The molecule has 4 rings (SSSR count). The summed E-state index contributed by atoms with van der Waals surface area (Å²) in [5, 5.41) is 6.05. The summed E-state index contributed by atoms with van der Waals surface area (Å²) >= 11 is 0. The monoisotopic (exact) mass is 438 g/mol. The normalized spacial score (nSPS) is 19.1. The Morgan fingerprint density at radius 3 is 2.38 bits per heavy atom. The number of carbonyl (C=O) groups excluding carboxylic acids is 2. The number of rotatable bonds is 5. The molecule has 168 valence electrons. The zero-order valence-corrected chi connectivity index (χ0v) is 18.3. The standard InChI is InChI=1S/C24H27FN4O3/c1-17(30)28-13-11-27(12-14-28)16-24(31)29-23(18-7-9-19(32-2)10-8-18)15-22(26-29)20-5-3-4-6-21(20)25/h3-10,23H,11-16H2,1-2H3/t23-/m0/s1. The smallest absolute Gasteiger partial charge is 0.257 e. The highest BCUT2D eigenvalue weighted by Crippen LogP contribution is 2.34. The van der Waals surface area contributed by atoms with Gasteiger partial charge in [0.05, 0.1) is 25.4 Å². The van der Waals surface area contributed by atoms with E-state index in [0.29, 0.717) is 43.9 Å². The van der Waals surface area contributed by atoms with Gasteiger partial charge in [0.15, 0.2) is 0 Å². The minimum atomic E-state index is -0.352. The fourth-order valence-corrected chi connectivity index (χ4v) is 4.17. The zero-order valence-electron chi connectivity index (χ0n) is 18.3. The van der Waals surface area contributed by atoms with Gasteiger partial charge in [-0.25, -0.2) is 9.40 Å². The summed E-state index contributed by atoms with van der Waals surface area (Å²) in [6.45, 7) is 4.24. The van der Waals surface area contributed by atoms with Crippen LogP contribution < -0.4 is 4.74 Å². The Labute approximate surface area is 187 Å². The molecule has 1 saturated heterocycles. The van der Waals surface area contributed by atoms with E-state index in [0.717, 1.165) is 11.3 Å². The molecule has 8 heteroatoms. The molecule has 7 nitrogen and oxygen atoms in total. The van der Waals surface area contributed by atoms with Crippen molar-refractivity contribution in [3.63, 3.8) is 0 Å². The van der Waals surface area contributed by atoms with Crippen LogP contribution in [0, 0.1) is 5.82 Å². The maximum Gasteiger partial charge on any atom is 0.257 e. The lowest BCUT2D eigenvalue weighted by atomic mass is 9.98. The Kier molecular flexibility index (Phi) is 6.50. The van der Waals surface area contributed by atoms with Crippen molar-refractivity contribution in [2.75, 3.05) is 39.8 Å². The molecule has 0 unspecified atom stereocenters. The maximum atomic E-state index is 14.4. The Hall–Kier alpha value is -3.26. The van der Waals surface area contributed by atoms with Gasteiger partial charge in [-0.05, 0) is 23.8 Å². The number of hydrazone groups is 1. The van der Waals surface area contributed by atoms with E-state index in [9.17, 15) is 14.0 Å². The summed E-state index contributed by atoms with van der Waals surface area (Å²) in [6.07, 6.45) is 0.428. The molecule has 32 heavy (non-hydrogen) atoms. The van der Waals surface area contributed by atoms with Crippen molar-refractivity contribution in [1.29, 1.82) is 0 Å². The Balaban J connectivity index is 1.55. The highest BCUT2D eigenvalue weighted by Gasteiger charge is 2.35. The van der Waals surface area contributed by atoms with Crippen molar-refractivity contribution in [2.24, 2.45) is 5.10 Å². The molecule has 0 bridgehead atoms. The van der Waals surface area contributed by atoms with Crippen LogP contribution in [-0.2, 0) is 9.59 Å². The van der Waals surface area contributed by atoms with Gasteiger partial charge in [0.2, 0.25) is 5.91 Å². The number of piperazine rings is 1. The second kappa shape index (κ2) is 9.48. The molecule has 0 N–H and O–H groups in total. The molecule has 0 spiro atoms. The van der Waals surface area contributed by atoms with Gasteiger partial charge in [0, 0.05) is 45.1 Å². The number of benzene rings is 2. The molecule has 2 aromatic carbocycles. The molecule has 2 aromatic rings. The van der Waals surface area contributed by atoms with Crippen LogP contribution in [0.2, 0.25) is 0 Å². The van der Waals surface area contributed by atoms with Crippen molar-refractivity contribution < 1.29 is 18.7 Å². The van der Waals surface area contributed by atoms with E-state index in [-0.39, 0.29) is 30.2 Å². The Morgan fingerprint density at radius 1 is 1.06 bits per heavy atom. The number of methoxy groups -OCH3 is 1. The molecule has 1 atom stereocenters.